The third-order valence-corrected chi connectivity index (χ3v) is 5.26. The van der Waals surface area contributed by atoms with Crippen LogP contribution in [0.3, 0.4) is 0 Å². The van der Waals surface area contributed by atoms with Crippen LogP contribution in [-0.2, 0) is 17.8 Å². The molecule has 2 amide bonds. The molecule has 27 heavy (non-hydrogen) atoms. The maximum Gasteiger partial charge on any atom is 0.278 e. The number of para-hydroxylation sites is 1. The summed E-state index contributed by atoms with van der Waals surface area (Å²) in [6.07, 6.45) is 2.76. The van der Waals surface area contributed by atoms with E-state index in [1.165, 1.54) is 12.1 Å². The highest BCUT2D eigenvalue weighted by molar-refractivity contribution is 6.06. The van der Waals surface area contributed by atoms with Gasteiger partial charge in [-0.3, -0.25) is 14.4 Å². The molecule has 1 aromatic carbocycles. The molecule has 0 aliphatic carbocycles. The summed E-state index contributed by atoms with van der Waals surface area (Å²) in [5, 5.41) is 4.20. The van der Waals surface area contributed by atoms with E-state index in [-0.39, 0.29) is 35.7 Å². The summed E-state index contributed by atoms with van der Waals surface area (Å²) in [6, 6.07) is 10.6. The van der Waals surface area contributed by atoms with Crippen molar-refractivity contribution in [3.63, 3.8) is 0 Å². The summed E-state index contributed by atoms with van der Waals surface area (Å²) < 4.78 is 1.10. The number of carbonyl (C=O) groups excluding carboxylic acids is 2. The molecule has 140 valence electrons. The van der Waals surface area contributed by atoms with Crippen molar-refractivity contribution in [3.05, 3.63) is 58.0 Å². The monoisotopic (exact) mass is 366 g/mol. The van der Waals surface area contributed by atoms with Crippen LogP contribution in [0.25, 0.3) is 0 Å². The van der Waals surface area contributed by atoms with Gasteiger partial charge in [0.25, 0.3) is 11.5 Å². The fraction of sp³-hybridized carbons (Fsp3) is 0.400. The zero-order valence-corrected chi connectivity index (χ0v) is 15.3. The zero-order chi connectivity index (χ0) is 19.0. The number of rotatable bonds is 3. The highest BCUT2D eigenvalue weighted by Crippen LogP contribution is 2.32. The second kappa shape index (κ2) is 6.98. The third-order valence-electron chi connectivity index (χ3n) is 5.26. The van der Waals surface area contributed by atoms with Gasteiger partial charge in [-0.25, -0.2) is 4.68 Å². The van der Waals surface area contributed by atoms with Gasteiger partial charge in [0.1, 0.15) is 12.2 Å². The van der Waals surface area contributed by atoms with Gasteiger partial charge in [-0.1, -0.05) is 18.2 Å². The summed E-state index contributed by atoms with van der Waals surface area (Å²) in [5.74, 6) is -0.388. The molecule has 0 bridgehead atoms. The highest BCUT2D eigenvalue weighted by Gasteiger charge is 2.32. The Balaban J connectivity index is 1.60. The molecule has 4 rings (SSSR count). The summed E-state index contributed by atoms with van der Waals surface area (Å²) in [6.45, 7) is 3.29. The number of amides is 2. The van der Waals surface area contributed by atoms with E-state index in [2.05, 4.69) is 5.10 Å². The predicted molar refractivity (Wildman–Crippen MR) is 101 cm³/mol. The molecular formula is C20H22N4O3. The first-order chi connectivity index (χ1) is 13.0. The number of benzene rings is 1. The van der Waals surface area contributed by atoms with E-state index < -0.39 is 0 Å². The van der Waals surface area contributed by atoms with Gasteiger partial charge in [0.15, 0.2) is 0 Å². The number of likely N-dealkylation sites (tertiary alicyclic amines) is 1. The average molecular weight is 366 g/mol. The Morgan fingerprint density at radius 3 is 2.63 bits per heavy atom. The number of hydrogen-bond acceptors (Lipinski definition) is 4. The third kappa shape index (κ3) is 3.25. The summed E-state index contributed by atoms with van der Waals surface area (Å²) >= 11 is 0. The fourth-order valence-electron chi connectivity index (χ4n) is 3.87. The first-order valence-corrected chi connectivity index (χ1v) is 9.32. The quantitative estimate of drug-likeness (QED) is 0.824. The lowest BCUT2D eigenvalue weighted by atomic mass is 10.1. The van der Waals surface area contributed by atoms with Gasteiger partial charge in [-0.2, -0.15) is 5.10 Å². The molecule has 2 aliphatic heterocycles. The molecule has 2 aromatic rings. The minimum absolute atomic E-state index is 0.0170. The smallest absolute Gasteiger partial charge is 0.278 e. The molecule has 3 heterocycles. The van der Waals surface area contributed by atoms with E-state index in [4.69, 9.17) is 0 Å². The molecule has 7 heteroatoms. The predicted octanol–water partition coefficient (Wildman–Crippen LogP) is 1.46. The maximum absolute atomic E-state index is 13.1. The maximum atomic E-state index is 13.1. The lowest BCUT2D eigenvalue weighted by Crippen LogP contribution is -2.39. The first kappa shape index (κ1) is 17.5. The Bertz CT molecular complexity index is 946. The molecule has 2 aliphatic rings. The van der Waals surface area contributed by atoms with Gasteiger partial charge in [-0.15, -0.1) is 0 Å². The number of fused-ring (bicyclic) bond motifs is 1. The van der Waals surface area contributed by atoms with Crippen LogP contribution in [-0.4, -0.2) is 45.6 Å². The number of hydrogen-bond donors (Lipinski definition) is 0. The van der Waals surface area contributed by atoms with Crippen molar-refractivity contribution in [2.45, 2.75) is 38.8 Å². The van der Waals surface area contributed by atoms with Crippen LogP contribution in [0.5, 0.6) is 0 Å². The minimum atomic E-state index is -0.381. The van der Waals surface area contributed by atoms with Crippen LogP contribution in [0.2, 0.25) is 0 Å². The van der Waals surface area contributed by atoms with Crippen LogP contribution in [0, 0.1) is 0 Å². The Hall–Kier alpha value is -2.96. The number of carbonyl (C=O) groups is 2. The Labute approximate surface area is 157 Å². The van der Waals surface area contributed by atoms with Gasteiger partial charge >= 0.3 is 0 Å². The van der Waals surface area contributed by atoms with Crippen LogP contribution >= 0.6 is 0 Å². The average Bonchev–Trinajstić information content (AvgIpc) is 3.30. The second-order valence-electron chi connectivity index (χ2n) is 7.16. The van der Waals surface area contributed by atoms with Crippen LogP contribution in [0.4, 0.5) is 5.69 Å². The number of aromatic nitrogens is 2. The van der Waals surface area contributed by atoms with Crippen molar-refractivity contribution < 1.29 is 9.59 Å². The van der Waals surface area contributed by atoms with Crippen LogP contribution in [0.15, 0.2) is 41.2 Å². The van der Waals surface area contributed by atoms with Crippen molar-refractivity contribution in [2.75, 3.05) is 18.0 Å². The van der Waals surface area contributed by atoms with Crippen LogP contribution in [0.1, 0.15) is 35.8 Å². The second-order valence-corrected chi connectivity index (χ2v) is 7.16. The van der Waals surface area contributed by atoms with Gasteiger partial charge in [-0.05, 0) is 43.9 Å². The van der Waals surface area contributed by atoms with Gasteiger partial charge < -0.3 is 9.80 Å². The molecule has 7 nitrogen and oxygen atoms in total. The molecule has 1 fully saturated rings. The van der Waals surface area contributed by atoms with E-state index in [9.17, 15) is 14.4 Å². The van der Waals surface area contributed by atoms with Crippen molar-refractivity contribution in [1.29, 1.82) is 0 Å². The van der Waals surface area contributed by atoms with E-state index in [0.717, 1.165) is 35.2 Å². The number of anilines is 1. The van der Waals surface area contributed by atoms with Crippen LogP contribution < -0.4 is 10.5 Å². The Morgan fingerprint density at radius 2 is 1.85 bits per heavy atom. The zero-order valence-electron chi connectivity index (χ0n) is 15.3. The Morgan fingerprint density at radius 1 is 1.11 bits per heavy atom. The molecule has 1 saturated heterocycles. The van der Waals surface area contributed by atoms with Gasteiger partial charge in [0.05, 0.1) is 0 Å². The molecule has 0 unspecified atom stereocenters. The summed E-state index contributed by atoms with van der Waals surface area (Å²) in [7, 11) is 0. The SMILES string of the molecule is C[C@@H]1Cc2ccccc2N1C(=O)c1ccc(=O)n(CC(=O)N2CCCC2)n1. The topological polar surface area (TPSA) is 75.5 Å². The molecule has 0 saturated carbocycles. The Kier molecular flexibility index (Phi) is 4.51. The lowest BCUT2D eigenvalue weighted by molar-refractivity contribution is -0.131. The molecule has 0 N–H and O–H groups in total. The van der Waals surface area contributed by atoms with Crippen molar-refractivity contribution in [2.24, 2.45) is 0 Å². The highest BCUT2D eigenvalue weighted by atomic mass is 16.2. The molecule has 0 radical (unpaired) electrons. The normalized spacial score (nSPS) is 18.6. The van der Waals surface area contributed by atoms with Crippen molar-refractivity contribution in [1.82, 2.24) is 14.7 Å². The van der Waals surface area contributed by atoms with Gasteiger partial charge in [0.2, 0.25) is 5.91 Å². The largest absolute Gasteiger partial charge is 0.341 e. The standard InChI is InChI=1S/C20H22N4O3/c1-14-12-15-6-2-3-7-17(15)24(14)20(27)16-8-9-18(25)23(21-16)13-19(26)22-10-4-5-11-22/h2-3,6-9,14H,4-5,10-13H2,1H3/t14-/m1/s1. The summed E-state index contributed by atoms with van der Waals surface area (Å²) in [5.41, 5.74) is 1.79. The molecule has 1 aromatic heterocycles. The van der Waals surface area contributed by atoms with E-state index in [1.54, 1.807) is 9.80 Å². The van der Waals surface area contributed by atoms with E-state index >= 15 is 0 Å². The van der Waals surface area contributed by atoms with E-state index in [0.29, 0.717) is 13.1 Å². The fourth-order valence-corrected chi connectivity index (χ4v) is 3.87. The minimum Gasteiger partial charge on any atom is -0.341 e. The molecule has 0 spiro atoms. The molecule has 1 atom stereocenters. The van der Waals surface area contributed by atoms with Crippen molar-refractivity contribution >= 4 is 17.5 Å². The lowest BCUT2D eigenvalue weighted by Gasteiger charge is -2.22. The number of nitrogens with zero attached hydrogens (tertiary/aromatic N) is 4. The molecular weight excluding hydrogens is 344 g/mol. The summed E-state index contributed by atoms with van der Waals surface area (Å²) in [4.78, 5) is 41.0. The van der Waals surface area contributed by atoms with E-state index in [1.807, 2.05) is 31.2 Å². The van der Waals surface area contributed by atoms with Crippen molar-refractivity contribution in [3.8, 4) is 0 Å². The first-order valence-electron chi connectivity index (χ1n) is 9.32. The van der Waals surface area contributed by atoms with Gasteiger partial charge in [0, 0.05) is 30.9 Å².